The predicted molar refractivity (Wildman–Crippen MR) is 109 cm³/mol. The van der Waals surface area contributed by atoms with Crippen LogP contribution in [0.3, 0.4) is 0 Å². The van der Waals surface area contributed by atoms with Crippen LogP contribution >= 0.6 is 0 Å². The number of pyridine rings is 1. The predicted octanol–water partition coefficient (Wildman–Crippen LogP) is 1.77. The first-order valence-corrected chi connectivity index (χ1v) is 9.37. The highest BCUT2D eigenvalue weighted by Crippen LogP contribution is 2.26. The van der Waals surface area contributed by atoms with Gasteiger partial charge in [0, 0.05) is 38.1 Å². The van der Waals surface area contributed by atoms with E-state index in [1.165, 1.54) is 0 Å². The van der Waals surface area contributed by atoms with Gasteiger partial charge in [0.25, 0.3) is 0 Å². The number of nitrogens with one attached hydrogen (secondary N) is 2. The summed E-state index contributed by atoms with van der Waals surface area (Å²) in [5, 5.41) is 6.48. The molecular formula is C21H21N5O3. The van der Waals surface area contributed by atoms with Gasteiger partial charge in [-0.2, -0.15) is 0 Å². The lowest BCUT2D eigenvalue weighted by Crippen LogP contribution is -2.28. The summed E-state index contributed by atoms with van der Waals surface area (Å²) >= 11 is 0. The monoisotopic (exact) mass is 391 g/mol. The van der Waals surface area contributed by atoms with Crippen LogP contribution in [0.4, 0.5) is 11.5 Å². The second-order valence-electron chi connectivity index (χ2n) is 6.97. The number of aromatic nitrogens is 2. The Balaban J connectivity index is 1.48. The van der Waals surface area contributed by atoms with Gasteiger partial charge in [-0.15, -0.1) is 0 Å². The number of amides is 3. The van der Waals surface area contributed by atoms with Crippen LogP contribution in [0.2, 0.25) is 0 Å². The van der Waals surface area contributed by atoms with Gasteiger partial charge in [0.15, 0.2) is 0 Å². The molecule has 1 aliphatic heterocycles. The fraction of sp³-hybridized carbons (Fsp3) is 0.238. The van der Waals surface area contributed by atoms with Gasteiger partial charge in [0.1, 0.15) is 12.4 Å². The van der Waals surface area contributed by atoms with Crippen LogP contribution in [0, 0.1) is 5.92 Å². The lowest BCUT2D eigenvalue weighted by molar-refractivity contribution is -0.122. The summed E-state index contributed by atoms with van der Waals surface area (Å²) in [5.74, 6) is -0.311. The number of carbonyl (C=O) groups excluding carboxylic acids is 3. The molecule has 0 radical (unpaired) electrons. The molecule has 3 amide bonds. The summed E-state index contributed by atoms with van der Waals surface area (Å²) in [6.07, 6.45) is 3.61. The van der Waals surface area contributed by atoms with E-state index in [9.17, 15) is 14.4 Å². The smallest absolute Gasteiger partial charge is 0.239 e. The van der Waals surface area contributed by atoms with Crippen LogP contribution in [0.15, 0.2) is 54.9 Å². The maximum absolute atomic E-state index is 12.7. The first-order chi connectivity index (χ1) is 14.0. The molecule has 0 spiro atoms. The van der Waals surface area contributed by atoms with Crippen molar-refractivity contribution in [1.29, 1.82) is 0 Å². The standard InChI is InChI=1S/C21H21N5O3/c1-22-19(27)13-25-9-7-14-5-6-16(11-17(14)25)24-21(29)15-10-20(28)26(12-15)18-4-2-3-8-23-18/h2-9,11,15H,10,12-13H2,1H3,(H,22,27)(H,24,29)/t15-/m0/s1. The van der Waals surface area contributed by atoms with Crippen molar-refractivity contribution in [2.75, 3.05) is 23.8 Å². The number of carbonyl (C=O) groups is 3. The fourth-order valence-electron chi connectivity index (χ4n) is 3.50. The van der Waals surface area contributed by atoms with E-state index in [0.717, 1.165) is 10.9 Å². The second-order valence-corrected chi connectivity index (χ2v) is 6.97. The average Bonchev–Trinajstić information content (AvgIpc) is 3.32. The van der Waals surface area contributed by atoms with Gasteiger partial charge in [-0.1, -0.05) is 12.1 Å². The maximum Gasteiger partial charge on any atom is 0.239 e. The first kappa shape index (κ1) is 18.7. The zero-order chi connectivity index (χ0) is 20.4. The van der Waals surface area contributed by atoms with Gasteiger partial charge in [-0.25, -0.2) is 4.98 Å². The number of benzene rings is 1. The van der Waals surface area contributed by atoms with Crippen LogP contribution in [0.25, 0.3) is 10.9 Å². The van der Waals surface area contributed by atoms with Crippen LogP contribution in [0.1, 0.15) is 6.42 Å². The lowest BCUT2D eigenvalue weighted by atomic mass is 10.1. The van der Waals surface area contributed by atoms with E-state index in [-0.39, 0.29) is 30.7 Å². The third kappa shape index (κ3) is 3.82. The minimum atomic E-state index is -0.446. The van der Waals surface area contributed by atoms with Crippen molar-refractivity contribution in [3.8, 4) is 0 Å². The molecule has 1 aliphatic rings. The van der Waals surface area contributed by atoms with Crippen LogP contribution in [0.5, 0.6) is 0 Å². The number of hydrogen-bond donors (Lipinski definition) is 2. The van der Waals surface area contributed by atoms with Gasteiger partial charge < -0.3 is 15.2 Å². The molecule has 2 N–H and O–H groups in total. The summed E-state index contributed by atoms with van der Waals surface area (Å²) in [7, 11) is 1.59. The molecular weight excluding hydrogens is 370 g/mol. The van der Waals surface area contributed by atoms with Crippen molar-refractivity contribution in [2.24, 2.45) is 5.92 Å². The molecule has 8 heteroatoms. The molecule has 0 bridgehead atoms. The zero-order valence-electron chi connectivity index (χ0n) is 16.0. The normalized spacial score (nSPS) is 16.2. The summed E-state index contributed by atoms with van der Waals surface area (Å²) < 4.78 is 1.83. The largest absolute Gasteiger partial charge is 0.358 e. The Bertz CT molecular complexity index is 1080. The molecule has 0 unspecified atom stereocenters. The molecule has 3 heterocycles. The van der Waals surface area contributed by atoms with E-state index < -0.39 is 5.92 Å². The number of anilines is 2. The van der Waals surface area contributed by atoms with E-state index in [0.29, 0.717) is 18.1 Å². The average molecular weight is 391 g/mol. The minimum Gasteiger partial charge on any atom is -0.358 e. The highest BCUT2D eigenvalue weighted by molar-refractivity contribution is 6.03. The van der Waals surface area contributed by atoms with Crippen molar-refractivity contribution in [3.05, 3.63) is 54.9 Å². The number of likely N-dealkylation sites (N-methyl/N-ethyl adjacent to an activating group) is 1. The van der Waals surface area contributed by atoms with Gasteiger partial charge in [0.2, 0.25) is 17.7 Å². The van der Waals surface area contributed by atoms with E-state index in [2.05, 4.69) is 15.6 Å². The van der Waals surface area contributed by atoms with Crippen molar-refractivity contribution in [1.82, 2.24) is 14.9 Å². The molecule has 2 aromatic heterocycles. The molecule has 1 saturated heterocycles. The molecule has 4 rings (SSSR count). The highest BCUT2D eigenvalue weighted by Gasteiger charge is 2.35. The van der Waals surface area contributed by atoms with Crippen molar-refractivity contribution in [2.45, 2.75) is 13.0 Å². The minimum absolute atomic E-state index is 0.101. The molecule has 1 atom stereocenters. The maximum atomic E-state index is 12.7. The Hall–Kier alpha value is -3.68. The summed E-state index contributed by atoms with van der Waals surface area (Å²) in [4.78, 5) is 42.5. The topological polar surface area (TPSA) is 96.3 Å². The molecule has 148 valence electrons. The molecule has 0 saturated carbocycles. The molecule has 1 aromatic carbocycles. The third-order valence-corrected chi connectivity index (χ3v) is 5.06. The Morgan fingerprint density at radius 2 is 2.07 bits per heavy atom. The lowest BCUT2D eigenvalue weighted by Gasteiger charge is -2.15. The van der Waals surface area contributed by atoms with Gasteiger partial charge in [0.05, 0.1) is 11.4 Å². The first-order valence-electron chi connectivity index (χ1n) is 9.37. The quantitative estimate of drug-likeness (QED) is 0.693. The zero-order valence-corrected chi connectivity index (χ0v) is 16.0. The van der Waals surface area contributed by atoms with E-state index >= 15 is 0 Å². The molecule has 3 aromatic rings. The number of fused-ring (bicyclic) bond motifs is 1. The van der Waals surface area contributed by atoms with Crippen LogP contribution < -0.4 is 15.5 Å². The van der Waals surface area contributed by atoms with E-state index in [1.807, 2.05) is 41.1 Å². The third-order valence-electron chi connectivity index (χ3n) is 5.06. The van der Waals surface area contributed by atoms with Crippen molar-refractivity contribution in [3.63, 3.8) is 0 Å². The summed E-state index contributed by atoms with van der Waals surface area (Å²) in [5.41, 5.74) is 1.48. The Morgan fingerprint density at radius 1 is 1.21 bits per heavy atom. The van der Waals surface area contributed by atoms with Gasteiger partial charge in [-0.05, 0) is 35.7 Å². The van der Waals surface area contributed by atoms with E-state index in [1.54, 1.807) is 30.3 Å². The van der Waals surface area contributed by atoms with E-state index in [4.69, 9.17) is 0 Å². The van der Waals surface area contributed by atoms with Crippen molar-refractivity contribution >= 4 is 40.1 Å². The highest BCUT2D eigenvalue weighted by atomic mass is 16.2. The fourth-order valence-corrected chi connectivity index (χ4v) is 3.50. The summed E-state index contributed by atoms with van der Waals surface area (Å²) in [6, 6.07) is 12.8. The van der Waals surface area contributed by atoms with Crippen molar-refractivity contribution < 1.29 is 14.4 Å². The van der Waals surface area contributed by atoms with Crippen LogP contribution in [-0.2, 0) is 20.9 Å². The number of hydrogen-bond acceptors (Lipinski definition) is 4. The molecule has 8 nitrogen and oxygen atoms in total. The molecule has 0 aliphatic carbocycles. The Morgan fingerprint density at radius 3 is 2.83 bits per heavy atom. The number of nitrogens with zero attached hydrogens (tertiary/aromatic N) is 3. The second kappa shape index (κ2) is 7.75. The molecule has 1 fully saturated rings. The van der Waals surface area contributed by atoms with Crippen LogP contribution in [-0.4, -0.2) is 40.9 Å². The molecule has 29 heavy (non-hydrogen) atoms. The Labute approximate surface area is 167 Å². The number of rotatable bonds is 5. The Kier molecular flexibility index (Phi) is 4.99. The van der Waals surface area contributed by atoms with Gasteiger partial charge >= 0.3 is 0 Å². The summed E-state index contributed by atoms with van der Waals surface area (Å²) in [6.45, 7) is 0.504. The SMILES string of the molecule is CNC(=O)Cn1ccc2ccc(NC(=O)[C@H]3CC(=O)N(c4ccccn4)C3)cc21. The van der Waals surface area contributed by atoms with Gasteiger partial charge in [-0.3, -0.25) is 19.3 Å².